The van der Waals surface area contributed by atoms with Crippen LogP contribution in [0, 0.1) is 0 Å². The maximum absolute atomic E-state index is 12.2. The molecule has 0 aliphatic carbocycles. The van der Waals surface area contributed by atoms with Crippen molar-refractivity contribution in [2.45, 2.75) is 6.92 Å². The lowest BCUT2D eigenvalue weighted by molar-refractivity contribution is 0.0525. The quantitative estimate of drug-likeness (QED) is 0.865. The molecule has 0 unspecified atom stereocenters. The first kappa shape index (κ1) is 14.4. The molecule has 20 heavy (non-hydrogen) atoms. The number of nitrogens with one attached hydrogen (secondary N) is 1. The molecule has 1 N–H and O–H groups in total. The number of rotatable bonds is 4. The number of hydrogen-bond acceptors (Lipinski definition) is 4. The lowest BCUT2D eigenvalue weighted by atomic mass is 10.3. The number of halogens is 1. The van der Waals surface area contributed by atoms with Crippen molar-refractivity contribution in [3.05, 3.63) is 44.8 Å². The Morgan fingerprint density at radius 3 is 2.85 bits per heavy atom. The topological polar surface area (TPSA) is 73.3 Å². The minimum atomic E-state index is -0.651. The van der Waals surface area contributed by atoms with Crippen LogP contribution < -0.4 is 10.3 Å². The number of aromatic amines is 1. The SMILES string of the molecule is CCOC(=O)c1c[nH]n(-c2cc(Br)ccc2OC)c1=O. The largest absolute Gasteiger partial charge is 0.494 e. The molecule has 0 amide bonds. The number of benzene rings is 1. The molecule has 2 aromatic rings. The van der Waals surface area contributed by atoms with Gasteiger partial charge >= 0.3 is 5.97 Å². The Labute approximate surface area is 123 Å². The Bertz CT molecular complexity index is 690. The molecule has 0 aliphatic heterocycles. The highest BCUT2D eigenvalue weighted by molar-refractivity contribution is 9.10. The fraction of sp³-hybridized carbons (Fsp3) is 0.231. The van der Waals surface area contributed by atoms with Crippen molar-refractivity contribution in [2.75, 3.05) is 13.7 Å². The summed E-state index contributed by atoms with van der Waals surface area (Å²) in [7, 11) is 1.51. The van der Waals surface area contributed by atoms with Gasteiger partial charge in [-0.3, -0.25) is 9.89 Å². The van der Waals surface area contributed by atoms with E-state index in [4.69, 9.17) is 9.47 Å². The molecule has 0 radical (unpaired) electrons. The van der Waals surface area contributed by atoms with E-state index in [1.165, 1.54) is 18.0 Å². The van der Waals surface area contributed by atoms with E-state index in [1.54, 1.807) is 25.1 Å². The number of H-pyrrole nitrogens is 1. The van der Waals surface area contributed by atoms with Crippen LogP contribution in [0.1, 0.15) is 17.3 Å². The molecule has 0 saturated heterocycles. The lowest BCUT2D eigenvalue weighted by Crippen LogP contribution is -2.21. The fourth-order valence-corrected chi connectivity index (χ4v) is 2.09. The van der Waals surface area contributed by atoms with Gasteiger partial charge in [0.1, 0.15) is 17.0 Å². The normalized spacial score (nSPS) is 10.3. The first-order valence-corrected chi connectivity index (χ1v) is 6.69. The van der Waals surface area contributed by atoms with Gasteiger partial charge in [-0.2, -0.15) is 0 Å². The number of carbonyl (C=O) groups excluding carboxylic acids is 1. The zero-order chi connectivity index (χ0) is 14.7. The first-order chi connectivity index (χ1) is 9.58. The minimum absolute atomic E-state index is 0.0473. The second kappa shape index (κ2) is 5.96. The van der Waals surface area contributed by atoms with Crippen LogP contribution in [0.15, 0.2) is 33.7 Å². The van der Waals surface area contributed by atoms with Gasteiger partial charge in [-0.25, -0.2) is 9.48 Å². The van der Waals surface area contributed by atoms with Crippen LogP contribution in [0.2, 0.25) is 0 Å². The standard InChI is InChI=1S/C13H13BrN2O4/c1-3-20-13(18)9-7-15-16(12(9)17)10-6-8(14)4-5-11(10)19-2/h4-7,15H,3H2,1-2H3. The van der Waals surface area contributed by atoms with Gasteiger partial charge in [0.05, 0.1) is 13.7 Å². The highest BCUT2D eigenvalue weighted by Crippen LogP contribution is 2.25. The summed E-state index contributed by atoms with van der Waals surface area (Å²) < 4.78 is 12.1. The summed E-state index contributed by atoms with van der Waals surface area (Å²) in [4.78, 5) is 23.9. The van der Waals surface area contributed by atoms with Crippen LogP contribution in [0.5, 0.6) is 5.75 Å². The molecule has 0 saturated carbocycles. The van der Waals surface area contributed by atoms with Gasteiger partial charge in [-0.15, -0.1) is 0 Å². The molecule has 2 rings (SSSR count). The molecule has 1 aromatic heterocycles. The highest BCUT2D eigenvalue weighted by Gasteiger charge is 2.18. The van der Waals surface area contributed by atoms with Gasteiger partial charge in [0.25, 0.3) is 5.56 Å². The second-order valence-electron chi connectivity index (χ2n) is 3.86. The van der Waals surface area contributed by atoms with Gasteiger partial charge in [-0.1, -0.05) is 15.9 Å². The smallest absolute Gasteiger partial charge is 0.345 e. The van der Waals surface area contributed by atoms with E-state index in [-0.39, 0.29) is 12.2 Å². The van der Waals surface area contributed by atoms with Crippen molar-refractivity contribution in [1.82, 2.24) is 9.78 Å². The Morgan fingerprint density at radius 2 is 2.20 bits per heavy atom. The van der Waals surface area contributed by atoms with Crippen molar-refractivity contribution >= 4 is 21.9 Å². The third-order valence-electron chi connectivity index (χ3n) is 2.65. The number of nitrogens with zero attached hydrogens (tertiary/aromatic N) is 1. The lowest BCUT2D eigenvalue weighted by Gasteiger charge is -2.08. The van der Waals surface area contributed by atoms with Crippen LogP contribution in [-0.4, -0.2) is 29.5 Å². The number of methoxy groups -OCH3 is 1. The van der Waals surface area contributed by atoms with Crippen molar-refractivity contribution in [3.63, 3.8) is 0 Å². The van der Waals surface area contributed by atoms with Crippen LogP contribution in [0.25, 0.3) is 5.69 Å². The van der Waals surface area contributed by atoms with Crippen LogP contribution in [-0.2, 0) is 4.74 Å². The molecule has 1 heterocycles. The monoisotopic (exact) mass is 340 g/mol. The minimum Gasteiger partial charge on any atom is -0.494 e. The Hall–Kier alpha value is -2.02. The number of hydrogen-bond donors (Lipinski definition) is 1. The van der Waals surface area contributed by atoms with Crippen molar-refractivity contribution in [1.29, 1.82) is 0 Å². The van der Waals surface area contributed by atoms with E-state index in [2.05, 4.69) is 21.0 Å². The Morgan fingerprint density at radius 1 is 1.45 bits per heavy atom. The molecule has 6 nitrogen and oxygen atoms in total. The van der Waals surface area contributed by atoms with Gasteiger partial charge < -0.3 is 9.47 Å². The summed E-state index contributed by atoms with van der Waals surface area (Å²) in [6, 6.07) is 5.23. The Kier molecular flexibility index (Phi) is 4.29. The van der Waals surface area contributed by atoms with E-state index < -0.39 is 11.5 Å². The average Bonchev–Trinajstić information content (AvgIpc) is 2.80. The maximum Gasteiger partial charge on any atom is 0.345 e. The first-order valence-electron chi connectivity index (χ1n) is 5.90. The van der Waals surface area contributed by atoms with Crippen molar-refractivity contribution in [3.8, 4) is 11.4 Å². The average molecular weight is 341 g/mol. The van der Waals surface area contributed by atoms with Crippen LogP contribution in [0.3, 0.4) is 0 Å². The molecule has 0 fully saturated rings. The zero-order valence-corrected chi connectivity index (χ0v) is 12.6. The Balaban J connectivity index is 2.52. The molecule has 0 aliphatic rings. The highest BCUT2D eigenvalue weighted by atomic mass is 79.9. The molecule has 7 heteroatoms. The van der Waals surface area contributed by atoms with E-state index in [1.807, 2.05) is 0 Å². The number of esters is 1. The van der Waals surface area contributed by atoms with E-state index in [0.717, 1.165) is 4.47 Å². The van der Waals surface area contributed by atoms with Crippen molar-refractivity contribution in [2.24, 2.45) is 0 Å². The van der Waals surface area contributed by atoms with Gasteiger partial charge in [0.15, 0.2) is 0 Å². The number of ether oxygens (including phenoxy) is 2. The second-order valence-corrected chi connectivity index (χ2v) is 4.78. The summed E-state index contributed by atoms with van der Waals surface area (Å²) in [5, 5.41) is 2.73. The summed E-state index contributed by atoms with van der Waals surface area (Å²) >= 11 is 3.33. The van der Waals surface area contributed by atoms with Crippen LogP contribution in [0.4, 0.5) is 0 Å². The van der Waals surface area contributed by atoms with Gasteiger partial charge in [0.2, 0.25) is 0 Å². The molecular weight excluding hydrogens is 328 g/mol. The van der Waals surface area contributed by atoms with Gasteiger partial charge in [-0.05, 0) is 25.1 Å². The fourth-order valence-electron chi connectivity index (χ4n) is 1.74. The van der Waals surface area contributed by atoms with E-state index >= 15 is 0 Å². The number of aromatic nitrogens is 2. The molecular formula is C13H13BrN2O4. The summed E-state index contributed by atoms with van der Waals surface area (Å²) in [6.45, 7) is 1.89. The summed E-state index contributed by atoms with van der Waals surface area (Å²) in [5.74, 6) is -0.144. The maximum atomic E-state index is 12.2. The summed E-state index contributed by atoms with van der Waals surface area (Å²) in [6.07, 6.45) is 1.32. The van der Waals surface area contributed by atoms with E-state index in [0.29, 0.717) is 11.4 Å². The predicted molar refractivity (Wildman–Crippen MR) is 76.6 cm³/mol. The van der Waals surface area contributed by atoms with E-state index in [9.17, 15) is 9.59 Å². The van der Waals surface area contributed by atoms with Crippen molar-refractivity contribution < 1.29 is 14.3 Å². The zero-order valence-electron chi connectivity index (χ0n) is 11.0. The summed E-state index contributed by atoms with van der Waals surface area (Å²) in [5.41, 5.74) is -0.0313. The molecule has 0 atom stereocenters. The molecule has 1 aromatic carbocycles. The predicted octanol–water partition coefficient (Wildman–Crippen LogP) is 2.11. The van der Waals surface area contributed by atoms with Crippen LogP contribution >= 0.6 is 15.9 Å². The molecule has 0 spiro atoms. The molecule has 0 bridgehead atoms. The van der Waals surface area contributed by atoms with Gasteiger partial charge in [0, 0.05) is 10.7 Å². The molecule has 106 valence electrons. The number of carbonyl (C=O) groups is 1. The third kappa shape index (κ3) is 2.62. The third-order valence-corrected chi connectivity index (χ3v) is 3.14.